The number of ether oxygens (including phenoxy) is 1. The van der Waals surface area contributed by atoms with Gasteiger partial charge in [-0.1, -0.05) is 47.1 Å². The molecule has 0 bridgehead atoms. The molecule has 4 rings (SSSR count). The topological polar surface area (TPSA) is 157 Å². The molecule has 1 heterocycles. The number of urea groups is 1. The minimum absolute atomic E-state index is 0.00328. The molecule has 42 heavy (non-hydrogen) atoms. The minimum atomic E-state index is -4.46. The molecule has 1 fully saturated rings. The Morgan fingerprint density at radius 1 is 1.10 bits per heavy atom. The van der Waals surface area contributed by atoms with Crippen molar-refractivity contribution in [2.45, 2.75) is 11.8 Å². The highest BCUT2D eigenvalue weighted by atomic mass is 35.5. The lowest BCUT2D eigenvalue weighted by molar-refractivity contribution is -0.385. The number of halogens is 2. The van der Waals surface area contributed by atoms with Gasteiger partial charge in [-0.05, 0) is 67.2 Å². The molecule has 0 spiro atoms. The molecule has 0 unspecified atom stereocenters. The number of amides is 3. The molecule has 12 nitrogen and oxygen atoms in total. The molecule has 0 aromatic heterocycles. The number of methoxy groups -OCH3 is 1. The summed E-state index contributed by atoms with van der Waals surface area (Å²) in [5, 5.41) is 15.2. The Balaban J connectivity index is 1.50. The van der Waals surface area contributed by atoms with Crippen LogP contribution in [0.1, 0.15) is 11.1 Å². The van der Waals surface area contributed by atoms with E-state index in [1.54, 1.807) is 0 Å². The predicted octanol–water partition coefficient (Wildman–Crippen LogP) is 5.92. The zero-order chi connectivity index (χ0) is 30.8. The smallest absolute Gasteiger partial charge is 0.339 e. The van der Waals surface area contributed by atoms with Gasteiger partial charge in [-0.15, -0.1) is 0 Å². The van der Waals surface area contributed by atoms with Crippen LogP contribution >= 0.6 is 47.2 Å². The van der Waals surface area contributed by atoms with Crippen LogP contribution in [0.25, 0.3) is 6.08 Å². The Morgan fingerprint density at radius 2 is 1.83 bits per heavy atom. The largest absolute Gasteiger partial charge is 0.493 e. The number of anilines is 1. The number of nitrogens with one attached hydrogen (secondary N) is 2. The second kappa shape index (κ2) is 12.5. The normalized spacial score (nSPS) is 14.2. The SMILES string of the molecule is COc1cc(/C=C2\SC(=S)N(NC(=O)Nc3ccc(Cl)c(Cl)c3)C2=O)ccc1OS(=O)(=O)c1ccc(C)c([N+](=O)[O-])c1. The highest BCUT2D eigenvalue weighted by Gasteiger charge is 2.34. The van der Waals surface area contributed by atoms with E-state index in [2.05, 4.69) is 10.7 Å². The molecule has 0 radical (unpaired) electrons. The maximum Gasteiger partial charge on any atom is 0.339 e. The van der Waals surface area contributed by atoms with Crippen molar-refractivity contribution in [1.29, 1.82) is 0 Å². The first-order valence-corrected chi connectivity index (χ1v) is 14.9. The summed E-state index contributed by atoms with van der Waals surface area (Å²) in [5.74, 6) is -0.799. The first-order chi connectivity index (χ1) is 19.8. The summed E-state index contributed by atoms with van der Waals surface area (Å²) >= 11 is 18.0. The van der Waals surface area contributed by atoms with Crippen molar-refractivity contribution >= 4 is 91.0 Å². The van der Waals surface area contributed by atoms with Crippen molar-refractivity contribution in [3.63, 3.8) is 0 Å². The second-order valence-corrected chi connectivity index (χ2v) is 12.4. The molecule has 0 aliphatic carbocycles. The van der Waals surface area contributed by atoms with Crippen molar-refractivity contribution in [3.05, 3.63) is 90.8 Å². The van der Waals surface area contributed by atoms with Gasteiger partial charge in [0.2, 0.25) is 0 Å². The van der Waals surface area contributed by atoms with Crippen molar-refractivity contribution in [2.75, 3.05) is 12.4 Å². The van der Waals surface area contributed by atoms with Crippen LogP contribution in [0.2, 0.25) is 10.0 Å². The number of carbonyl (C=O) groups is 2. The zero-order valence-electron chi connectivity index (χ0n) is 21.4. The van der Waals surface area contributed by atoms with Gasteiger partial charge in [-0.25, -0.2) is 10.2 Å². The number of thiocarbonyl (C=S) groups is 1. The van der Waals surface area contributed by atoms with Gasteiger partial charge in [0.15, 0.2) is 15.8 Å². The molecule has 0 saturated carbocycles. The Hall–Kier alpha value is -3.89. The number of rotatable bonds is 8. The van der Waals surface area contributed by atoms with Gasteiger partial charge >= 0.3 is 16.1 Å². The highest BCUT2D eigenvalue weighted by Crippen LogP contribution is 2.35. The van der Waals surface area contributed by atoms with Gasteiger partial charge < -0.3 is 14.2 Å². The monoisotopic (exact) mass is 668 g/mol. The lowest BCUT2D eigenvalue weighted by Gasteiger charge is -2.16. The van der Waals surface area contributed by atoms with E-state index in [0.29, 0.717) is 16.3 Å². The molecule has 3 aromatic carbocycles. The van der Waals surface area contributed by atoms with Gasteiger partial charge in [0.05, 0.1) is 27.0 Å². The molecule has 1 aliphatic heterocycles. The molecule has 1 saturated heterocycles. The van der Waals surface area contributed by atoms with Gasteiger partial charge in [-0.3, -0.25) is 14.9 Å². The summed E-state index contributed by atoms with van der Waals surface area (Å²) in [4.78, 5) is 35.7. The average molecular weight is 670 g/mol. The third-order valence-corrected chi connectivity index (χ3v) is 8.81. The van der Waals surface area contributed by atoms with E-state index in [-0.39, 0.29) is 37.0 Å². The minimum Gasteiger partial charge on any atom is -0.493 e. The van der Waals surface area contributed by atoms with Gasteiger partial charge in [0, 0.05) is 17.3 Å². The Bertz CT molecular complexity index is 1780. The van der Waals surface area contributed by atoms with E-state index in [9.17, 15) is 28.1 Å². The lowest BCUT2D eigenvalue weighted by Crippen LogP contribution is -2.46. The first kappa shape index (κ1) is 31.1. The van der Waals surface area contributed by atoms with E-state index in [0.717, 1.165) is 22.8 Å². The Kier molecular flexibility index (Phi) is 9.27. The van der Waals surface area contributed by atoms with Crippen LogP contribution in [-0.2, 0) is 14.9 Å². The maximum atomic E-state index is 13.0. The molecule has 17 heteroatoms. The molecule has 1 aliphatic rings. The molecule has 3 amide bonds. The van der Waals surface area contributed by atoms with Crippen LogP contribution < -0.4 is 19.7 Å². The molecule has 2 N–H and O–H groups in total. The van der Waals surface area contributed by atoms with Gasteiger partial charge in [0.1, 0.15) is 4.90 Å². The molecule has 218 valence electrons. The first-order valence-electron chi connectivity index (χ1n) is 11.5. The fourth-order valence-electron chi connectivity index (χ4n) is 3.50. The summed E-state index contributed by atoms with van der Waals surface area (Å²) in [5.41, 5.74) is 3.03. The van der Waals surface area contributed by atoms with Crippen molar-refractivity contribution in [3.8, 4) is 11.5 Å². The van der Waals surface area contributed by atoms with E-state index in [1.165, 1.54) is 68.6 Å². The van der Waals surface area contributed by atoms with Crippen LogP contribution in [0, 0.1) is 17.0 Å². The van der Waals surface area contributed by atoms with Gasteiger partial charge in [-0.2, -0.15) is 13.4 Å². The molecular weight excluding hydrogens is 651 g/mol. The van der Waals surface area contributed by atoms with E-state index in [4.69, 9.17) is 44.3 Å². The fraction of sp³-hybridized carbons (Fsp3) is 0.0800. The number of nitrogens with zero attached hydrogens (tertiary/aromatic N) is 2. The van der Waals surface area contributed by atoms with Crippen LogP contribution in [-0.4, -0.2) is 41.7 Å². The average Bonchev–Trinajstić information content (AvgIpc) is 3.18. The van der Waals surface area contributed by atoms with Crippen LogP contribution in [0.5, 0.6) is 11.5 Å². The van der Waals surface area contributed by atoms with Crippen molar-refractivity contribution < 1.29 is 31.9 Å². The maximum absolute atomic E-state index is 13.0. The number of hydrogen-bond acceptors (Lipinski definition) is 10. The number of hydrogen-bond donors (Lipinski definition) is 2. The number of aryl methyl sites for hydroxylation is 1. The van der Waals surface area contributed by atoms with Crippen LogP contribution in [0.3, 0.4) is 0 Å². The fourth-order valence-corrected chi connectivity index (χ4v) is 5.94. The number of benzene rings is 3. The van der Waals surface area contributed by atoms with E-state index >= 15 is 0 Å². The van der Waals surface area contributed by atoms with Gasteiger partial charge in [0.25, 0.3) is 11.6 Å². The quantitative estimate of drug-likeness (QED) is 0.0970. The summed E-state index contributed by atoms with van der Waals surface area (Å²) < 4.78 is 36.2. The Morgan fingerprint density at radius 3 is 2.50 bits per heavy atom. The highest BCUT2D eigenvalue weighted by molar-refractivity contribution is 8.26. The lowest BCUT2D eigenvalue weighted by atomic mass is 10.2. The number of hydrazine groups is 1. The molecule has 0 atom stereocenters. The predicted molar refractivity (Wildman–Crippen MR) is 162 cm³/mol. The third-order valence-electron chi connectivity index (χ3n) is 5.54. The van der Waals surface area contributed by atoms with Crippen molar-refractivity contribution in [2.24, 2.45) is 0 Å². The number of nitro benzene ring substituents is 1. The summed E-state index contributed by atoms with van der Waals surface area (Å²) in [7, 11) is -3.18. The van der Waals surface area contributed by atoms with Crippen LogP contribution in [0.4, 0.5) is 16.2 Å². The number of carbonyl (C=O) groups excluding carboxylic acids is 2. The molecule has 3 aromatic rings. The molecular formula is C25H18Cl2N4O8S3. The second-order valence-electron chi connectivity index (χ2n) is 8.37. The third kappa shape index (κ3) is 6.94. The Labute approximate surface area is 258 Å². The standard InChI is InChI=1S/C25H18Cl2N4O8S3/c1-13-3-6-16(12-19(13)31(34)35)42(36,37)39-20-8-4-14(9-21(20)38-2)10-22-23(32)30(25(40)41-22)29-24(33)28-15-5-7-17(26)18(27)11-15/h3-12H,1-2H3,(H2,28,29,33)/b22-10-. The summed E-state index contributed by atoms with van der Waals surface area (Å²) in [6, 6.07) is 11.3. The van der Waals surface area contributed by atoms with Crippen molar-refractivity contribution in [1.82, 2.24) is 10.4 Å². The number of thioether (sulfide) groups is 1. The van der Waals surface area contributed by atoms with E-state index in [1.807, 2.05) is 0 Å². The summed E-state index contributed by atoms with van der Waals surface area (Å²) in [6.07, 6.45) is 1.46. The van der Waals surface area contributed by atoms with E-state index < -0.39 is 31.9 Å². The summed E-state index contributed by atoms with van der Waals surface area (Å²) in [6.45, 7) is 1.48. The number of nitro groups is 1. The van der Waals surface area contributed by atoms with Crippen LogP contribution in [0.15, 0.2) is 64.4 Å². The zero-order valence-corrected chi connectivity index (χ0v) is 25.4.